The van der Waals surface area contributed by atoms with E-state index in [-0.39, 0.29) is 12.5 Å². The highest BCUT2D eigenvalue weighted by Gasteiger charge is 2.05. The number of hydrogen-bond donors (Lipinski definition) is 2. The van der Waals surface area contributed by atoms with Crippen LogP contribution in [0.25, 0.3) is 0 Å². The number of hydrogen-bond acceptors (Lipinski definition) is 4. The highest BCUT2D eigenvalue weighted by Crippen LogP contribution is 2.01. The number of carboxylic acid groups (broad SMARTS) is 1. The normalized spacial score (nSPS) is 12.7. The van der Waals surface area contributed by atoms with Crippen molar-refractivity contribution in [2.45, 2.75) is 6.92 Å². The van der Waals surface area contributed by atoms with Crippen LogP contribution in [0, 0.1) is 0 Å². The minimum absolute atomic E-state index is 0.353. The third kappa shape index (κ3) is 6.47. The van der Waals surface area contributed by atoms with E-state index in [2.05, 4.69) is 41.5 Å². The molecule has 1 heterocycles. The van der Waals surface area contributed by atoms with Crippen molar-refractivity contribution < 1.29 is 14.7 Å². The fourth-order valence-corrected chi connectivity index (χ4v) is 1.64. The molecule has 0 saturated heterocycles. The first-order chi connectivity index (χ1) is 10.0. The number of benzene rings is 1. The summed E-state index contributed by atoms with van der Waals surface area (Å²) >= 11 is 0. The van der Waals surface area contributed by atoms with Gasteiger partial charge in [0, 0.05) is 31.6 Å². The number of nitrogens with zero attached hydrogens (tertiary/aromatic N) is 2. The summed E-state index contributed by atoms with van der Waals surface area (Å²) < 4.78 is 0. The van der Waals surface area contributed by atoms with Crippen molar-refractivity contribution in [3.8, 4) is 0 Å². The number of aliphatic carboxylic acids is 1. The second-order valence-electron chi connectivity index (χ2n) is 4.54. The molecule has 6 nitrogen and oxygen atoms in total. The average molecular weight is 291 g/mol. The summed E-state index contributed by atoms with van der Waals surface area (Å²) in [6.45, 7) is 3.97. The second-order valence-corrected chi connectivity index (χ2v) is 4.54. The lowest BCUT2D eigenvalue weighted by atomic mass is 10.2. The van der Waals surface area contributed by atoms with Crippen LogP contribution in [0.4, 0.5) is 0 Å². The molecule has 0 fully saturated rings. The van der Waals surface area contributed by atoms with Crippen molar-refractivity contribution in [2.75, 3.05) is 26.8 Å². The number of carbonyl (C=O) groups excluding carboxylic acids is 1. The van der Waals surface area contributed by atoms with Crippen molar-refractivity contribution in [3.05, 3.63) is 48.3 Å². The van der Waals surface area contributed by atoms with E-state index < -0.39 is 5.97 Å². The summed E-state index contributed by atoms with van der Waals surface area (Å²) in [5.41, 5.74) is 0.462. The van der Waals surface area contributed by atoms with E-state index in [1.807, 2.05) is 0 Å². The van der Waals surface area contributed by atoms with Gasteiger partial charge in [-0.25, -0.2) is 0 Å². The maximum Gasteiger partial charge on any atom is 0.322 e. The Labute approximate surface area is 124 Å². The molecule has 21 heavy (non-hydrogen) atoms. The molecule has 0 saturated carbocycles. The highest BCUT2D eigenvalue weighted by molar-refractivity contribution is 5.95. The number of rotatable bonds is 4. The molecule has 1 aliphatic rings. The van der Waals surface area contributed by atoms with E-state index in [4.69, 9.17) is 5.11 Å². The molecule has 0 aromatic heterocycles. The molecule has 0 atom stereocenters. The quantitative estimate of drug-likeness (QED) is 0.871. The summed E-state index contributed by atoms with van der Waals surface area (Å²) in [5, 5.41) is 10.6. The SMILES string of the molecule is CCN1C=CN(C)C1.O=C(O)CNC(=O)c1ccccc1. The molecular formula is C15H21N3O3. The van der Waals surface area contributed by atoms with E-state index in [9.17, 15) is 9.59 Å². The first kappa shape index (κ1) is 16.6. The Morgan fingerprint density at radius 3 is 2.33 bits per heavy atom. The monoisotopic (exact) mass is 291 g/mol. The van der Waals surface area contributed by atoms with E-state index >= 15 is 0 Å². The van der Waals surface area contributed by atoms with Gasteiger partial charge in [-0.3, -0.25) is 9.59 Å². The molecular weight excluding hydrogens is 270 g/mol. The van der Waals surface area contributed by atoms with Crippen molar-refractivity contribution in [1.82, 2.24) is 15.1 Å². The zero-order valence-corrected chi connectivity index (χ0v) is 12.3. The Morgan fingerprint density at radius 2 is 1.90 bits per heavy atom. The minimum atomic E-state index is -1.05. The summed E-state index contributed by atoms with van der Waals surface area (Å²) in [4.78, 5) is 25.7. The molecule has 1 aliphatic heterocycles. The van der Waals surface area contributed by atoms with Crippen LogP contribution in [-0.4, -0.2) is 53.6 Å². The zero-order valence-electron chi connectivity index (χ0n) is 12.3. The van der Waals surface area contributed by atoms with Crippen molar-refractivity contribution in [1.29, 1.82) is 0 Å². The van der Waals surface area contributed by atoms with Crippen molar-refractivity contribution >= 4 is 11.9 Å². The molecule has 6 heteroatoms. The summed E-state index contributed by atoms with van der Waals surface area (Å²) in [6.07, 6.45) is 4.20. The molecule has 1 aromatic rings. The standard InChI is InChI=1S/C9H9NO3.C6H12N2/c11-8(12)6-10-9(13)7-4-2-1-3-5-7;1-3-8-5-4-7(2)6-8/h1-5H,6H2,(H,10,13)(H,11,12);4-5H,3,6H2,1-2H3. The summed E-state index contributed by atoms with van der Waals surface area (Å²) in [7, 11) is 2.08. The largest absolute Gasteiger partial charge is 0.480 e. The van der Waals surface area contributed by atoms with Crippen LogP contribution >= 0.6 is 0 Å². The molecule has 0 radical (unpaired) electrons. The van der Waals surface area contributed by atoms with E-state index in [1.165, 1.54) is 0 Å². The molecule has 1 amide bonds. The van der Waals surface area contributed by atoms with Crippen molar-refractivity contribution in [3.63, 3.8) is 0 Å². The van der Waals surface area contributed by atoms with Crippen LogP contribution in [0.1, 0.15) is 17.3 Å². The summed E-state index contributed by atoms with van der Waals surface area (Å²) in [6, 6.07) is 8.47. The Balaban J connectivity index is 0.000000235. The lowest BCUT2D eigenvalue weighted by molar-refractivity contribution is -0.135. The van der Waals surface area contributed by atoms with Crippen LogP contribution in [0.5, 0.6) is 0 Å². The average Bonchev–Trinajstić information content (AvgIpc) is 2.92. The topological polar surface area (TPSA) is 72.9 Å². The van der Waals surface area contributed by atoms with Gasteiger partial charge in [0.1, 0.15) is 6.54 Å². The number of carboxylic acids is 1. The molecule has 114 valence electrons. The molecule has 0 spiro atoms. The van der Waals surface area contributed by atoms with Crippen LogP contribution in [0.3, 0.4) is 0 Å². The maximum absolute atomic E-state index is 11.2. The number of nitrogens with one attached hydrogen (secondary N) is 1. The van der Waals surface area contributed by atoms with Gasteiger partial charge in [0.25, 0.3) is 5.91 Å². The van der Waals surface area contributed by atoms with E-state index in [0.717, 1.165) is 13.2 Å². The van der Waals surface area contributed by atoms with Gasteiger partial charge < -0.3 is 20.2 Å². The fourth-order valence-electron chi connectivity index (χ4n) is 1.64. The van der Waals surface area contributed by atoms with Gasteiger partial charge in [-0.15, -0.1) is 0 Å². The molecule has 0 unspecified atom stereocenters. The van der Waals surface area contributed by atoms with Gasteiger partial charge in [-0.05, 0) is 19.1 Å². The van der Waals surface area contributed by atoms with E-state index in [0.29, 0.717) is 5.56 Å². The Hall–Kier alpha value is -2.50. The molecule has 2 rings (SSSR count). The van der Waals surface area contributed by atoms with Gasteiger partial charge in [0.2, 0.25) is 0 Å². The smallest absolute Gasteiger partial charge is 0.322 e. The second kappa shape index (κ2) is 8.63. The van der Waals surface area contributed by atoms with Gasteiger partial charge in [0.15, 0.2) is 0 Å². The fraction of sp³-hybridized carbons (Fsp3) is 0.333. The van der Waals surface area contributed by atoms with Crippen LogP contribution in [-0.2, 0) is 4.79 Å². The van der Waals surface area contributed by atoms with E-state index in [1.54, 1.807) is 30.3 Å². The third-order valence-electron chi connectivity index (χ3n) is 2.78. The van der Waals surface area contributed by atoms with Crippen LogP contribution in [0.2, 0.25) is 0 Å². The first-order valence-corrected chi connectivity index (χ1v) is 6.70. The van der Waals surface area contributed by atoms with Crippen molar-refractivity contribution in [2.24, 2.45) is 0 Å². The third-order valence-corrected chi connectivity index (χ3v) is 2.78. The predicted octanol–water partition coefficient (Wildman–Crippen LogP) is 1.18. The number of amides is 1. The predicted molar refractivity (Wildman–Crippen MR) is 80.6 cm³/mol. The van der Waals surface area contributed by atoms with Gasteiger partial charge in [-0.2, -0.15) is 0 Å². The Bertz CT molecular complexity index is 488. The lowest BCUT2D eigenvalue weighted by Gasteiger charge is -2.14. The van der Waals surface area contributed by atoms with Gasteiger partial charge >= 0.3 is 5.97 Å². The maximum atomic E-state index is 11.2. The molecule has 0 aliphatic carbocycles. The van der Waals surface area contributed by atoms with Crippen LogP contribution < -0.4 is 5.32 Å². The van der Waals surface area contributed by atoms with Crippen LogP contribution in [0.15, 0.2) is 42.7 Å². The molecule has 2 N–H and O–H groups in total. The lowest BCUT2D eigenvalue weighted by Crippen LogP contribution is -2.29. The zero-order chi connectivity index (χ0) is 15.7. The molecule has 1 aromatic carbocycles. The van der Waals surface area contributed by atoms with Gasteiger partial charge in [-0.1, -0.05) is 18.2 Å². The Morgan fingerprint density at radius 1 is 1.24 bits per heavy atom. The molecule has 0 bridgehead atoms. The number of carbonyl (C=O) groups is 2. The summed E-state index contributed by atoms with van der Waals surface area (Å²) in [5.74, 6) is -1.42. The van der Waals surface area contributed by atoms with Gasteiger partial charge in [0.05, 0.1) is 6.67 Å². The Kier molecular flexibility index (Phi) is 6.80. The minimum Gasteiger partial charge on any atom is -0.480 e. The first-order valence-electron chi connectivity index (χ1n) is 6.70. The highest BCUT2D eigenvalue weighted by atomic mass is 16.4.